The molecule has 0 amide bonds. The lowest BCUT2D eigenvalue weighted by Crippen LogP contribution is -2.47. The molecule has 0 unspecified atom stereocenters. The molecule has 0 aliphatic carbocycles. The lowest BCUT2D eigenvalue weighted by atomic mass is 10.1. The second-order valence-electron chi connectivity index (χ2n) is 4.23. The highest BCUT2D eigenvalue weighted by Gasteiger charge is 2.41. The molecule has 8 heteroatoms. The lowest BCUT2D eigenvalue weighted by Gasteiger charge is -2.34. The topological polar surface area (TPSA) is 112 Å². The Morgan fingerprint density at radius 3 is 2.48 bits per heavy atom. The maximum atomic E-state index is 11.1. The van der Waals surface area contributed by atoms with Gasteiger partial charge in [0.1, 0.15) is 12.7 Å². The molecule has 3 atom stereocenters. The van der Waals surface area contributed by atoms with Crippen LogP contribution in [0.1, 0.15) is 13.8 Å². The van der Waals surface area contributed by atoms with Crippen molar-refractivity contribution in [3.05, 3.63) is 24.2 Å². The molecule has 0 aromatic heterocycles. The van der Waals surface area contributed by atoms with E-state index in [0.29, 0.717) is 0 Å². The molecule has 2 N–H and O–H groups in total. The van der Waals surface area contributed by atoms with Gasteiger partial charge in [-0.2, -0.15) is 0 Å². The highest BCUT2D eigenvalue weighted by Crippen LogP contribution is 2.26. The number of ether oxygens (including phenoxy) is 4. The van der Waals surface area contributed by atoms with E-state index in [-0.39, 0.29) is 13.2 Å². The Morgan fingerprint density at radius 1 is 1.29 bits per heavy atom. The van der Waals surface area contributed by atoms with Crippen LogP contribution in [0.5, 0.6) is 0 Å². The lowest BCUT2D eigenvalue weighted by molar-refractivity contribution is -0.218. The molecule has 1 rings (SSSR count). The van der Waals surface area contributed by atoms with Crippen LogP contribution in [0, 0.1) is 0 Å². The summed E-state index contributed by atoms with van der Waals surface area (Å²) < 4.78 is 20.1. The monoisotopic (exact) mass is 302 g/mol. The van der Waals surface area contributed by atoms with Gasteiger partial charge in [0.25, 0.3) is 0 Å². The first kappa shape index (κ1) is 17.0. The molecule has 1 aliphatic heterocycles. The minimum Gasteiger partial charge on any atom is -0.505 e. The molecule has 0 bridgehead atoms. The Bertz CT molecular complexity index is 441. The van der Waals surface area contributed by atoms with Crippen LogP contribution in [-0.2, 0) is 28.5 Å². The fourth-order valence-electron chi connectivity index (χ4n) is 1.65. The molecular weight excluding hydrogens is 284 g/mol. The van der Waals surface area contributed by atoms with Crippen molar-refractivity contribution in [2.45, 2.75) is 32.3 Å². The predicted molar refractivity (Wildman–Crippen MR) is 69.3 cm³/mol. The van der Waals surface area contributed by atoms with Crippen molar-refractivity contribution in [2.75, 3.05) is 13.2 Å². The van der Waals surface area contributed by atoms with Crippen molar-refractivity contribution >= 4 is 11.9 Å². The third-order valence-corrected chi connectivity index (χ3v) is 2.50. The maximum Gasteiger partial charge on any atom is 0.303 e. The van der Waals surface area contributed by atoms with Crippen molar-refractivity contribution in [1.29, 1.82) is 0 Å². The smallest absolute Gasteiger partial charge is 0.303 e. The zero-order valence-electron chi connectivity index (χ0n) is 11.8. The molecule has 8 nitrogen and oxygen atoms in total. The van der Waals surface area contributed by atoms with E-state index in [9.17, 15) is 19.8 Å². The van der Waals surface area contributed by atoms with Crippen LogP contribution in [0.3, 0.4) is 0 Å². The predicted octanol–water partition coefficient (Wildman–Crippen LogP) is 0.736. The first-order valence-corrected chi connectivity index (χ1v) is 6.17. The number of aliphatic hydroxyl groups excluding tert-OH is 2. The van der Waals surface area contributed by atoms with Crippen molar-refractivity contribution in [2.24, 2.45) is 0 Å². The van der Waals surface area contributed by atoms with E-state index in [1.807, 2.05) is 0 Å². The quantitative estimate of drug-likeness (QED) is 0.546. The van der Waals surface area contributed by atoms with Crippen LogP contribution in [-0.4, -0.2) is 53.9 Å². The fraction of sp³-hybridized carbons (Fsp3) is 0.538. The zero-order valence-corrected chi connectivity index (χ0v) is 11.8. The minimum absolute atomic E-state index is 0.0561. The van der Waals surface area contributed by atoms with Gasteiger partial charge in [-0.25, -0.2) is 0 Å². The van der Waals surface area contributed by atoms with Gasteiger partial charge >= 0.3 is 11.9 Å². The second kappa shape index (κ2) is 7.65. The van der Waals surface area contributed by atoms with Gasteiger partial charge < -0.3 is 29.2 Å². The Hall–Kier alpha value is -2.06. The van der Waals surface area contributed by atoms with Gasteiger partial charge in [-0.05, 0) is 0 Å². The molecule has 0 aromatic carbocycles. The maximum absolute atomic E-state index is 11.1. The molecule has 0 aromatic rings. The number of carbonyl (C=O) groups is 2. The van der Waals surface area contributed by atoms with E-state index in [4.69, 9.17) is 18.9 Å². The molecular formula is C13H18O8. The Balaban J connectivity index is 2.93. The molecule has 0 fully saturated rings. The van der Waals surface area contributed by atoms with Crippen LogP contribution < -0.4 is 0 Å². The van der Waals surface area contributed by atoms with Crippen LogP contribution in [0.15, 0.2) is 24.2 Å². The summed E-state index contributed by atoms with van der Waals surface area (Å²) in [5, 5.41) is 19.7. The largest absolute Gasteiger partial charge is 0.505 e. The van der Waals surface area contributed by atoms with Crippen molar-refractivity contribution in [3.8, 4) is 0 Å². The van der Waals surface area contributed by atoms with Gasteiger partial charge in [-0.3, -0.25) is 9.59 Å². The number of rotatable bonds is 6. The van der Waals surface area contributed by atoms with Gasteiger partial charge in [0, 0.05) is 13.8 Å². The molecule has 1 heterocycles. The third-order valence-electron chi connectivity index (χ3n) is 2.50. The van der Waals surface area contributed by atoms with E-state index in [1.54, 1.807) is 0 Å². The summed E-state index contributed by atoms with van der Waals surface area (Å²) in [7, 11) is 0. The van der Waals surface area contributed by atoms with Crippen molar-refractivity contribution in [1.82, 2.24) is 0 Å². The van der Waals surface area contributed by atoms with Crippen molar-refractivity contribution in [3.63, 3.8) is 0 Å². The van der Waals surface area contributed by atoms with E-state index in [1.165, 1.54) is 13.0 Å². The summed E-state index contributed by atoms with van der Waals surface area (Å²) in [5.41, 5.74) is 0. The van der Waals surface area contributed by atoms with Gasteiger partial charge in [-0.1, -0.05) is 6.08 Å². The zero-order chi connectivity index (χ0) is 16.0. The van der Waals surface area contributed by atoms with Gasteiger partial charge in [0.05, 0.1) is 6.61 Å². The summed E-state index contributed by atoms with van der Waals surface area (Å²) in [6, 6.07) is 0. The van der Waals surface area contributed by atoms with Gasteiger partial charge in [0.2, 0.25) is 6.29 Å². The number of aliphatic hydroxyl groups is 2. The second-order valence-corrected chi connectivity index (χ2v) is 4.23. The first-order chi connectivity index (χ1) is 9.86. The van der Waals surface area contributed by atoms with Crippen molar-refractivity contribution < 1.29 is 38.7 Å². The summed E-state index contributed by atoms with van der Waals surface area (Å²) in [6.45, 7) is 5.55. The normalized spacial score (nSPS) is 25.3. The van der Waals surface area contributed by atoms with Gasteiger partial charge in [-0.15, -0.1) is 6.58 Å². The highest BCUT2D eigenvalue weighted by atomic mass is 16.7. The first-order valence-electron chi connectivity index (χ1n) is 6.17. The standard InChI is InChI=1S/C13H18O8/c1-4-5-18-13-11(17)10(16)12(20-8(3)15)9(21-13)6-19-7(2)14/h4,9,12-13,16-17H,1,5-6H2,2-3H3/t9-,12-,13+/m1/s1. The summed E-state index contributed by atoms with van der Waals surface area (Å²) >= 11 is 0. The number of hydrogen-bond acceptors (Lipinski definition) is 8. The third kappa shape index (κ3) is 4.76. The Labute approximate surface area is 121 Å². The fourth-order valence-corrected chi connectivity index (χ4v) is 1.65. The number of esters is 2. The molecule has 118 valence electrons. The number of carbonyl (C=O) groups excluding carboxylic acids is 2. The van der Waals surface area contributed by atoms with Crippen LogP contribution >= 0.6 is 0 Å². The number of hydrogen-bond donors (Lipinski definition) is 2. The minimum atomic E-state index is -1.29. The summed E-state index contributed by atoms with van der Waals surface area (Å²) in [5.74, 6) is -2.48. The molecule has 1 aliphatic rings. The molecule has 0 radical (unpaired) electrons. The average Bonchev–Trinajstić information content (AvgIpc) is 2.41. The van der Waals surface area contributed by atoms with E-state index in [0.717, 1.165) is 6.92 Å². The summed E-state index contributed by atoms with van der Waals surface area (Å²) in [4.78, 5) is 21.9. The Kier molecular flexibility index (Phi) is 6.19. The van der Waals surface area contributed by atoms with E-state index < -0.39 is 42.0 Å². The SMILES string of the molecule is C=CCO[C@H]1O[C@H](COC(C)=O)[C@@H](OC(C)=O)C(O)=C1O. The summed E-state index contributed by atoms with van der Waals surface area (Å²) in [6.07, 6.45) is -2.14. The van der Waals surface area contributed by atoms with Crippen LogP contribution in [0.4, 0.5) is 0 Å². The highest BCUT2D eigenvalue weighted by molar-refractivity contribution is 5.67. The molecule has 0 spiro atoms. The average molecular weight is 302 g/mol. The van der Waals surface area contributed by atoms with Gasteiger partial charge in [0.15, 0.2) is 17.6 Å². The van der Waals surface area contributed by atoms with E-state index >= 15 is 0 Å². The van der Waals surface area contributed by atoms with E-state index in [2.05, 4.69) is 6.58 Å². The van der Waals surface area contributed by atoms with Crippen LogP contribution in [0.2, 0.25) is 0 Å². The molecule has 0 saturated heterocycles. The molecule has 21 heavy (non-hydrogen) atoms. The molecule has 0 saturated carbocycles. The Morgan fingerprint density at radius 2 is 1.95 bits per heavy atom. The van der Waals surface area contributed by atoms with Crippen LogP contribution in [0.25, 0.3) is 0 Å².